The van der Waals surface area contributed by atoms with E-state index in [4.69, 9.17) is 9.72 Å². The minimum Gasteiger partial charge on any atom is -0.389 e. The first-order valence-corrected chi connectivity index (χ1v) is 9.05. The Kier molecular flexibility index (Phi) is 5.12. The number of hydrogen-bond acceptors (Lipinski definition) is 8. The molecule has 8 heteroatoms. The Morgan fingerprint density at radius 3 is 2.85 bits per heavy atom. The van der Waals surface area contributed by atoms with Crippen molar-refractivity contribution in [2.45, 2.75) is 18.4 Å². The summed E-state index contributed by atoms with van der Waals surface area (Å²) in [6, 6.07) is 5.91. The Hall–Kier alpha value is -2.45. The molecule has 0 radical (unpaired) electrons. The van der Waals surface area contributed by atoms with E-state index < -0.39 is 0 Å². The molecule has 1 atom stereocenters. The number of hydrogen-bond donors (Lipinski definition) is 3. The van der Waals surface area contributed by atoms with E-state index in [9.17, 15) is 5.11 Å². The largest absolute Gasteiger partial charge is 0.389 e. The summed E-state index contributed by atoms with van der Waals surface area (Å²) in [7, 11) is 0. The molecule has 0 aromatic carbocycles. The maximum atomic E-state index is 9.57. The van der Waals surface area contributed by atoms with Crippen LogP contribution in [0.15, 0.2) is 30.6 Å². The van der Waals surface area contributed by atoms with Crippen molar-refractivity contribution in [3.63, 3.8) is 0 Å². The molecule has 4 heterocycles. The van der Waals surface area contributed by atoms with Crippen LogP contribution in [0.25, 0.3) is 0 Å². The Labute approximate surface area is 152 Å². The topological polar surface area (TPSA) is 95.4 Å². The molecule has 1 unspecified atom stereocenters. The highest BCUT2D eigenvalue weighted by molar-refractivity contribution is 5.47. The van der Waals surface area contributed by atoms with Gasteiger partial charge in [0, 0.05) is 57.2 Å². The first-order chi connectivity index (χ1) is 12.8. The molecule has 2 fully saturated rings. The zero-order chi connectivity index (χ0) is 17.8. The third-order valence-electron chi connectivity index (χ3n) is 4.65. The molecule has 0 spiro atoms. The molecule has 2 aromatic heterocycles. The van der Waals surface area contributed by atoms with Crippen LogP contribution < -0.4 is 15.5 Å². The van der Waals surface area contributed by atoms with Gasteiger partial charge in [-0.05, 0) is 18.6 Å². The van der Waals surface area contributed by atoms with E-state index >= 15 is 0 Å². The van der Waals surface area contributed by atoms with E-state index in [2.05, 4.69) is 20.6 Å². The van der Waals surface area contributed by atoms with Crippen LogP contribution in [0.1, 0.15) is 18.0 Å². The molecule has 2 aromatic rings. The normalized spacial score (nSPS) is 20.0. The van der Waals surface area contributed by atoms with Gasteiger partial charge in [-0.25, -0.2) is 4.98 Å². The number of ether oxygens (including phenoxy) is 1. The van der Waals surface area contributed by atoms with Crippen LogP contribution in [0.4, 0.5) is 17.5 Å². The van der Waals surface area contributed by atoms with Crippen LogP contribution >= 0.6 is 0 Å². The van der Waals surface area contributed by atoms with Crippen molar-refractivity contribution >= 4 is 17.5 Å². The van der Waals surface area contributed by atoms with Crippen LogP contribution in [0.3, 0.4) is 0 Å². The molecule has 138 valence electrons. The number of β-amino-alcohol motifs (C(OH)–C–C–N with tert-alkyl or cyclic N) is 1. The number of aromatic nitrogens is 3. The SMILES string of the molecule is OC1CN(c2nc(NCCNc3cccnc3)cc(C3CCOC3)n2)C1. The molecule has 8 nitrogen and oxygen atoms in total. The van der Waals surface area contributed by atoms with E-state index in [1.165, 1.54) is 0 Å². The van der Waals surface area contributed by atoms with Gasteiger partial charge in [0.05, 0.1) is 24.1 Å². The Morgan fingerprint density at radius 2 is 2.12 bits per heavy atom. The van der Waals surface area contributed by atoms with Crippen molar-refractivity contribution in [3.8, 4) is 0 Å². The molecule has 26 heavy (non-hydrogen) atoms. The summed E-state index contributed by atoms with van der Waals surface area (Å²) in [5.41, 5.74) is 2.01. The molecule has 0 bridgehead atoms. The van der Waals surface area contributed by atoms with Crippen molar-refractivity contribution in [2.24, 2.45) is 0 Å². The average Bonchev–Trinajstić information content (AvgIpc) is 3.18. The Bertz CT molecular complexity index is 717. The molecule has 2 aliphatic rings. The molecular weight excluding hydrogens is 332 g/mol. The Morgan fingerprint density at radius 1 is 1.23 bits per heavy atom. The van der Waals surface area contributed by atoms with Crippen molar-refractivity contribution in [2.75, 3.05) is 54.9 Å². The lowest BCUT2D eigenvalue weighted by atomic mass is 10.0. The van der Waals surface area contributed by atoms with Crippen LogP contribution in [0.5, 0.6) is 0 Å². The fourth-order valence-corrected chi connectivity index (χ4v) is 3.15. The summed E-state index contributed by atoms with van der Waals surface area (Å²) >= 11 is 0. The summed E-state index contributed by atoms with van der Waals surface area (Å²) in [5, 5.41) is 16.3. The maximum Gasteiger partial charge on any atom is 0.227 e. The lowest BCUT2D eigenvalue weighted by molar-refractivity contribution is 0.140. The quantitative estimate of drug-likeness (QED) is 0.635. The summed E-state index contributed by atoms with van der Waals surface area (Å²) in [6.45, 7) is 4.16. The fourth-order valence-electron chi connectivity index (χ4n) is 3.15. The lowest BCUT2D eigenvalue weighted by Gasteiger charge is -2.36. The highest BCUT2D eigenvalue weighted by atomic mass is 16.5. The fraction of sp³-hybridized carbons (Fsp3) is 0.500. The van der Waals surface area contributed by atoms with Crippen LogP contribution in [-0.4, -0.2) is 65.6 Å². The van der Waals surface area contributed by atoms with Crippen LogP contribution in [0.2, 0.25) is 0 Å². The van der Waals surface area contributed by atoms with E-state index in [-0.39, 0.29) is 6.10 Å². The van der Waals surface area contributed by atoms with Crippen molar-refractivity contribution in [1.29, 1.82) is 0 Å². The molecule has 0 saturated carbocycles. The summed E-state index contributed by atoms with van der Waals surface area (Å²) in [5.74, 6) is 1.81. The third-order valence-corrected chi connectivity index (χ3v) is 4.65. The third kappa shape index (κ3) is 4.03. The first-order valence-electron chi connectivity index (χ1n) is 9.05. The predicted octanol–water partition coefficient (Wildman–Crippen LogP) is 1.08. The molecule has 0 amide bonds. The molecule has 3 N–H and O–H groups in total. The van der Waals surface area contributed by atoms with E-state index in [1.54, 1.807) is 12.4 Å². The standard InChI is InChI=1S/C18H24N6O2/c25-15-10-24(11-15)18-22-16(13-3-7-26-12-13)8-17(23-18)21-6-5-20-14-2-1-4-19-9-14/h1-2,4,8-9,13,15,20,25H,3,5-7,10-12H2,(H,21,22,23). The summed E-state index contributed by atoms with van der Waals surface area (Å²) in [4.78, 5) is 15.4. The minimum absolute atomic E-state index is 0.280. The average molecular weight is 356 g/mol. The summed E-state index contributed by atoms with van der Waals surface area (Å²) in [6.07, 6.45) is 4.27. The number of rotatable bonds is 7. The smallest absolute Gasteiger partial charge is 0.227 e. The second kappa shape index (κ2) is 7.84. The van der Waals surface area contributed by atoms with Gasteiger partial charge in [-0.3, -0.25) is 4.98 Å². The van der Waals surface area contributed by atoms with Gasteiger partial charge < -0.3 is 25.4 Å². The number of pyridine rings is 1. The number of anilines is 3. The highest BCUT2D eigenvalue weighted by Crippen LogP contribution is 2.28. The molecule has 2 saturated heterocycles. The zero-order valence-electron chi connectivity index (χ0n) is 14.6. The van der Waals surface area contributed by atoms with Gasteiger partial charge >= 0.3 is 0 Å². The van der Waals surface area contributed by atoms with Gasteiger partial charge in [-0.2, -0.15) is 4.98 Å². The molecule has 4 rings (SSSR count). The predicted molar refractivity (Wildman–Crippen MR) is 99.6 cm³/mol. The maximum absolute atomic E-state index is 9.57. The van der Waals surface area contributed by atoms with Crippen LogP contribution in [-0.2, 0) is 4.74 Å². The van der Waals surface area contributed by atoms with Gasteiger partial charge in [0.15, 0.2) is 0 Å². The van der Waals surface area contributed by atoms with Crippen molar-refractivity contribution < 1.29 is 9.84 Å². The second-order valence-electron chi connectivity index (χ2n) is 6.69. The minimum atomic E-state index is -0.280. The Balaban J connectivity index is 1.40. The van der Waals surface area contributed by atoms with Gasteiger partial charge in [0.2, 0.25) is 5.95 Å². The number of aliphatic hydroxyl groups excluding tert-OH is 1. The lowest BCUT2D eigenvalue weighted by Crippen LogP contribution is -2.51. The molecular formula is C18H24N6O2. The van der Waals surface area contributed by atoms with Gasteiger partial charge in [0.25, 0.3) is 0 Å². The van der Waals surface area contributed by atoms with Crippen LogP contribution in [0, 0.1) is 0 Å². The van der Waals surface area contributed by atoms with E-state index in [1.807, 2.05) is 23.1 Å². The van der Waals surface area contributed by atoms with Crippen molar-refractivity contribution in [3.05, 3.63) is 36.3 Å². The van der Waals surface area contributed by atoms with E-state index in [0.29, 0.717) is 31.6 Å². The number of nitrogens with zero attached hydrogens (tertiary/aromatic N) is 4. The second-order valence-corrected chi connectivity index (χ2v) is 6.69. The monoisotopic (exact) mass is 356 g/mol. The van der Waals surface area contributed by atoms with Gasteiger partial charge in [-0.15, -0.1) is 0 Å². The molecule has 2 aliphatic heterocycles. The van der Waals surface area contributed by atoms with Crippen molar-refractivity contribution in [1.82, 2.24) is 15.0 Å². The molecule has 0 aliphatic carbocycles. The number of aliphatic hydroxyl groups is 1. The summed E-state index contributed by atoms with van der Waals surface area (Å²) < 4.78 is 5.51. The van der Waals surface area contributed by atoms with Gasteiger partial charge in [-0.1, -0.05) is 0 Å². The number of nitrogens with one attached hydrogen (secondary N) is 2. The van der Waals surface area contributed by atoms with E-state index in [0.717, 1.165) is 43.3 Å². The first kappa shape index (κ1) is 17.0. The van der Waals surface area contributed by atoms with Gasteiger partial charge in [0.1, 0.15) is 5.82 Å². The highest BCUT2D eigenvalue weighted by Gasteiger charge is 2.28. The zero-order valence-corrected chi connectivity index (χ0v) is 14.6.